The molecule has 2 heteroatoms. The largest absolute Gasteiger partial charge is 0.319 e. The molecular weight excluding hydrogens is 148 g/mol. The molecule has 1 aliphatic heterocycles. The number of aliphatic imine (C=N–C) groups is 1. The zero-order valence-electron chi connectivity index (χ0n) is 7.83. The number of rotatable bonds is 1. The molecule has 1 aliphatic rings. The van der Waals surface area contributed by atoms with E-state index in [-0.39, 0.29) is 0 Å². The van der Waals surface area contributed by atoms with E-state index in [9.17, 15) is 0 Å². The molecule has 0 aliphatic carbocycles. The van der Waals surface area contributed by atoms with Gasteiger partial charge >= 0.3 is 0 Å². The minimum atomic E-state index is 1.03. The molecule has 0 radical (unpaired) electrons. The highest BCUT2D eigenvalue weighted by molar-refractivity contribution is 5.99. The van der Waals surface area contributed by atoms with Crippen LogP contribution in [0.3, 0.4) is 0 Å². The first-order chi connectivity index (χ1) is 5.70. The lowest BCUT2D eigenvalue weighted by Crippen LogP contribution is -2.21. The van der Waals surface area contributed by atoms with Gasteiger partial charge in [-0.25, -0.2) is 0 Å². The van der Waals surface area contributed by atoms with Gasteiger partial charge in [-0.15, -0.1) is 0 Å². The lowest BCUT2D eigenvalue weighted by atomic mass is 10.2. The SMILES string of the molecule is C=CN1C(C)=CN=C(C)/C1=C/C. The summed E-state index contributed by atoms with van der Waals surface area (Å²) in [4.78, 5) is 6.29. The molecule has 0 fully saturated rings. The maximum Gasteiger partial charge on any atom is 0.0622 e. The van der Waals surface area contributed by atoms with Crippen LogP contribution in [0.5, 0.6) is 0 Å². The quantitative estimate of drug-likeness (QED) is 0.578. The molecule has 2 nitrogen and oxygen atoms in total. The van der Waals surface area contributed by atoms with E-state index >= 15 is 0 Å². The van der Waals surface area contributed by atoms with Gasteiger partial charge in [0.25, 0.3) is 0 Å². The predicted molar refractivity (Wildman–Crippen MR) is 52.7 cm³/mol. The molecule has 0 saturated heterocycles. The van der Waals surface area contributed by atoms with Gasteiger partial charge in [0.15, 0.2) is 0 Å². The summed E-state index contributed by atoms with van der Waals surface area (Å²) in [6.45, 7) is 9.77. The Bertz CT molecular complexity index is 282. The summed E-state index contributed by atoms with van der Waals surface area (Å²) in [6, 6.07) is 0. The second-order valence-corrected chi connectivity index (χ2v) is 2.71. The third kappa shape index (κ3) is 1.33. The molecule has 0 saturated carbocycles. The van der Waals surface area contributed by atoms with Crippen molar-refractivity contribution in [3.05, 3.63) is 36.4 Å². The van der Waals surface area contributed by atoms with E-state index in [2.05, 4.69) is 11.6 Å². The van der Waals surface area contributed by atoms with Crippen LogP contribution in [0, 0.1) is 0 Å². The van der Waals surface area contributed by atoms with E-state index in [1.807, 2.05) is 37.9 Å². The van der Waals surface area contributed by atoms with Crippen molar-refractivity contribution in [2.45, 2.75) is 20.8 Å². The van der Waals surface area contributed by atoms with Gasteiger partial charge in [0, 0.05) is 18.1 Å². The standard InChI is InChI=1S/C10H14N2/c1-5-10-9(4)11-7-8(3)12(10)6-2/h5-7H,2H2,1,3-4H3/b10-5-. The summed E-state index contributed by atoms with van der Waals surface area (Å²) in [6.07, 6.45) is 5.69. The highest BCUT2D eigenvalue weighted by Gasteiger charge is 2.13. The molecule has 0 unspecified atom stereocenters. The maximum absolute atomic E-state index is 4.26. The van der Waals surface area contributed by atoms with Crippen LogP contribution in [-0.4, -0.2) is 10.6 Å². The van der Waals surface area contributed by atoms with Gasteiger partial charge < -0.3 is 4.90 Å². The van der Waals surface area contributed by atoms with Crippen molar-refractivity contribution in [3.8, 4) is 0 Å². The fourth-order valence-electron chi connectivity index (χ4n) is 1.27. The van der Waals surface area contributed by atoms with Crippen molar-refractivity contribution < 1.29 is 0 Å². The van der Waals surface area contributed by atoms with Crippen molar-refractivity contribution in [2.75, 3.05) is 0 Å². The highest BCUT2D eigenvalue weighted by atomic mass is 15.2. The van der Waals surface area contributed by atoms with Gasteiger partial charge in [-0.3, -0.25) is 4.99 Å². The van der Waals surface area contributed by atoms with Crippen LogP contribution in [-0.2, 0) is 0 Å². The molecule has 0 spiro atoms. The molecule has 0 amide bonds. The second kappa shape index (κ2) is 3.39. The summed E-state index contributed by atoms with van der Waals surface area (Å²) < 4.78 is 0. The van der Waals surface area contributed by atoms with E-state index in [1.54, 1.807) is 6.20 Å². The smallest absolute Gasteiger partial charge is 0.0622 e. The summed E-state index contributed by atoms with van der Waals surface area (Å²) in [5, 5.41) is 0. The van der Waals surface area contributed by atoms with Crippen LogP contribution in [0.4, 0.5) is 0 Å². The topological polar surface area (TPSA) is 15.6 Å². The molecule has 0 aromatic heterocycles. The Hall–Kier alpha value is -1.31. The minimum absolute atomic E-state index is 1.03. The average Bonchev–Trinajstić information content (AvgIpc) is 2.08. The summed E-state index contributed by atoms with van der Waals surface area (Å²) in [5.74, 6) is 0. The molecule has 1 rings (SSSR count). The Kier molecular flexibility index (Phi) is 2.48. The highest BCUT2D eigenvalue weighted by Crippen LogP contribution is 2.19. The predicted octanol–water partition coefficient (Wildman–Crippen LogP) is 2.67. The fourth-order valence-corrected chi connectivity index (χ4v) is 1.27. The van der Waals surface area contributed by atoms with E-state index in [0.29, 0.717) is 0 Å². The monoisotopic (exact) mass is 162 g/mol. The number of allylic oxidation sites excluding steroid dienone is 3. The van der Waals surface area contributed by atoms with Crippen LogP contribution < -0.4 is 0 Å². The molecule has 64 valence electrons. The van der Waals surface area contributed by atoms with Crippen LogP contribution in [0.1, 0.15) is 20.8 Å². The first-order valence-electron chi connectivity index (χ1n) is 4.00. The first-order valence-corrected chi connectivity index (χ1v) is 4.00. The molecule has 12 heavy (non-hydrogen) atoms. The van der Waals surface area contributed by atoms with Crippen molar-refractivity contribution in [1.82, 2.24) is 4.90 Å². The Morgan fingerprint density at radius 1 is 1.50 bits per heavy atom. The van der Waals surface area contributed by atoms with E-state index in [4.69, 9.17) is 0 Å². The molecule has 1 heterocycles. The van der Waals surface area contributed by atoms with E-state index < -0.39 is 0 Å². The fraction of sp³-hybridized carbons (Fsp3) is 0.300. The number of hydrogen-bond acceptors (Lipinski definition) is 2. The van der Waals surface area contributed by atoms with Crippen LogP contribution >= 0.6 is 0 Å². The Labute approximate surface area is 73.6 Å². The molecular formula is C10H14N2. The summed E-state index contributed by atoms with van der Waals surface area (Å²) >= 11 is 0. The van der Waals surface area contributed by atoms with Crippen molar-refractivity contribution in [1.29, 1.82) is 0 Å². The van der Waals surface area contributed by atoms with Gasteiger partial charge in [0.1, 0.15) is 0 Å². The molecule has 0 bridgehead atoms. The zero-order chi connectivity index (χ0) is 9.14. The van der Waals surface area contributed by atoms with Gasteiger partial charge in [-0.05, 0) is 20.8 Å². The van der Waals surface area contributed by atoms with Crippen molar-refractivity contribution >= 4 is 5.71 Å². The summed E-state index contributed by atoms with van der Waals surface area (Å²) in [5.41, 5.74) is 3.25. The number of nitrogens with zero attached hydrogens (tertiary/aromatic N) is 2. The van der Waals surface area contributed by atoms with Crippen LogP contribution in [0.25, 0.3) is 0 Å². The molecule has 0 aromatic carbocycles. The van der Waals surface area contributed by atoms with E-state index in [0.717, 1.165) is 17.1 Å². The van der Waals surface area contributed by atoms with Gasteiger partial charge in [0.2, 0.25) is 0 Å². The van der Waals surface area contributed by atoms with Gasteiger partial charge in [0.05, 0.1) is 11.4 Å². The normalized spacial score (nSPS) is 20.6. The van der Waals surface area contributed by atoms with Crippen molar-refractivity contribution in [2.24, 2.45) is 4.99 Å². The Morgan fingerprint density at radius 3 is 2.58 bits per heavy atom. The third-order valence-corrected chi connectivity index (χ3v) is 1.91. The zero-order valence-corrected chi connectivity index (χ0v) is 7.83. The lowest BCUT2D eigenvalue weighted by molar-refractivity contribution is 0.594. The molecule has 0 aromatic rings. The lowest BCUT2D eigenvalue weighted by Gasteiger charge is -2.26. The molecule has 0 atom stereocenters. The Morgan fingerprint density at radius 2 is 2.17 bits per heavy atom. The Balaban J connectivity index is 3.10. The first kappa shape index (κ1) is 8.78. The summed E-state index contributed by atoms with van der Waals surface area (Å²) in [7, 11) is 0. The van der Waals surface area contributed by atoms with Gasteiger partial charge in [-0.1, -0.05) is 12.7 Å². The van der Waals surface area contributed by atoms with Crippen LogP contribution in [0.2, 0.25) is 0 Å². The van der Waals surface area contributed by atoms with Crippen molar-refractivity contribution in [3.63, 3.8) is 0 Å². The number of hydrogen-bond donors (Lipinski definition) is 0. The average molecular weight is 162 g/mol. The van der Waals surface area contributed by atoms with E-state index in [1.165, 1.54) is 0 Å². The maximum atomic E-state index is 4.26. The minimum Gasteiger partial charge on any atom is -0.319 e. The molecule has 0 N–H and O–H groups in total. The van der Waals surface area contributed by atoms with Gasteiger partial charge in [-0.2, -0.15) is 0 Å². The third-order valence-electron chi connectivity index (χ3n) is 1.91. The van der Waals surface area contributed by atoms with Crippen LogP contribution in [0.15, 0.2) is 41.4 Å². The second-order valence-electron chi connectivity index (χ2n) is 2.71.